The van der Waals surface area contributed by atoms with Crippen molar-refractivity contribution in [2.45, 2.75) is 31.7 Å². The van der Waals surface area contributed by atoms with Gasteiger partial charge < -0.3 is 10.3 Å². The Labute approximate surface area is 81.8 Å². The molecule has 0 unspecified atom stereocenters. The minimum atomic E-state index is 0.0819. The summed E-state index contributed by atoms with van der Waals surface area (Å²) in [5.74, 6) is 1.42. The molecule has 14 heavy (non-hydrogen) atoms. The molecule has 2 aliphatic rings. The van der Waals surface area contributed by atoms with E-state index in [1.54, 1.807) is 0 Å². The Kier molecular flexibility index (Phi) is 1.70. The van der Waals surface area contributed by atoms with E-state index in [-0.39, 0.29) is 5.56 Å². The minimum Gasteiger partial charge on any atom is -0.311 e. The summed E-state index contributed by atoms with van der Waals surface area (Å²) in [7, 11) is 0. The Bertz CT molecular complexity index is 420. The molecule has 1 fully saturated rings. The van der Waals surface area contributed by atoms with Crippen LogP contribution in [-0.2, 0) is 13.0 Å². The van der Waals surface area contributed by atoms with E-state index in [2.05, 4.69) is 15.3 Å². The van der Waals surface area contributed by atoms with Crippen LogP contribution < -0.4 is 10.9 Å². The van der Waals surface area contributed by atoms with Gasteiger partial charge in [-0.2, -0.15) is 0 Å². The average Bonchev–Trinajstić information content (AvgIpc) is 3.01. The van der Waals surface area contributed by atoms with Crippen molar-refractivity contribution in [3.8, 4) is 0 Å². The number of hydrogen-bond acceptors (Lipinski definition) is 3. The molecule has 0 saturated heterocycles. The molecule has 74 valence electrons. The lowest BCUT2D eigenvalue weighted by Crippen LogP contribution is -2.31. The SMILES string of the molecule is O=c1[nH]c(C2CC2)nc2c1CCNC2. The van der Waals surface area contributed by atoms with Gasteiger partial charge >= 0.3 is 0 Å². The number of hydrogen-bond donors (Lipinski definition) is 2. The summed E-state index contributed by atoms with van der Waals surface area (Å²) >= 11 is 0. The van der Waals surface area contributed by atoms with E-state index in [9.17, 15) is 4.79 Å². The van der Waals surface area contributed by atoms with Crippen LogP contribution in [0.25, 0.3) is 0 Å². The Morgan fingerprint density at radius 1 is 1.36 bits per heavy atom. The van der Waals surface area contributed by atoms with Crippen LogP contribution in [0.2, 0.25) is 0 Å². The van der Waals surface area contributed by atoms with Gasteiger partial charge in [0.05, 0.1) is 5.69 Å². The number of H-pyrrole nitrogens is 1. The Balaban J connectivity index is 2.11. The number of nitrogens with one attached hydrogen (secondary N) is 2. The highest BCUT2D eigenvalue weighted by Crippen LogP contribution is 2.37. The predicted octanol–water partition coefficient (Wildman–Crippen LogP) is 0.293. The zero-order chi connectivity index (χ0) is 9.54. The predicted molar refractivity (Wildman–Crippen MR) is 52.2 cm³/mol. The van der Waals surface area contributed by atoms with E-state index in [4.69, 9.17) is 0 Å². The van der Waals surface area contributed by atoms with Crippen LogP contribution in [0.1, 0.15) is 35.8 Å². The van der Waals surface area contributed by atoms with Gasteiger partial charge in [-0.15, -0.1) is 0 Å². The summed E-state index contributed by atoms with van der Waals surface area (Å²) in [6, 6.07) is 0. The van der Waals surface area contributed by atoms with Crippen LogP contribution in [0.4, 0.5) is 0 Å². The fourth-order valence-corrected chi connectivity index (χ4v) is 1.94. The molecule has 0 bridgehead atoms. The number of aromatic nitrogens is 2. The van der Waals surface area contributed by atoms with Gasteiger partial charge in [0, 0.05) is 18.0 Å². The van der Waals surface area contributed by atoms with Crippen molar-refractivity contribution in [3.05, 3.63) is 27.4 Å². The molecule has 0 aromatic carbocycles. The molecule has 1 aliphatic heterocycles. The summed E-state index contributed by atoms with van der Waals surface area (Å²) in [6.45, 7) is 1.64. The Morgan fingerprint density at radius 2 is 2.21 bits per heavy atom. The van der Waals surface area contributed by atoms with Crippen molar-refractivity contribution in [1.29, 1.82) is 0 Å². The van der Waals surface area contributed by atoms with E-state index >= 15 is 0 Å². The number of fused-ring (bicyclic) bond motifs is 1. The van der Waals surface area contributed by atoms with Crippen LogP contribution in [0.5, 0.6) is 0 Å². The van der Waals surface area contributed by atoms with Gasteiger partial charge in [-0.3, -0.25) is 4.79 Å². The van der Waals surface area contributed by atoms with Crippen LogP contribution in [0, 0.1) is 0 Å². The van der Waals surface area contributed by atoms with Gasteiger partial charge in [0.15, 0.2) is 0 Å². The fraction of sp³-hybridized carbons (Fsp3) is 0.600. The first-order chi connectivity index (χ1) is 6.84. The monoisotopic (exact) mass is 191 g/mol. The largest absolute Gasteiger partial charge is 0.311 e. The quantitative estimate of drug-likeness (QED) is 0.671. The molecule has 0 spiro atoms. The van der Waals surface area contributed by atoms with Crippen molar-refractivity contribution in [2.75, 3.05) is 6.54 Å². The molecule has 0 radical (unpaired) electrons. The van der Waals surface area contributed by atoms with Crippen LogP contribution >= 0.6 is 0 Å². The highest BCUT2D eigenvalue weighted by Gasteiger charge is 2.27. The van der Waals surface area contributed by atoms with Gasteiger partial charge in [-0.1, -0.05) is 0 Å². The fourth-order valence-electron chi connectivity index (χ4n) is 1.94. The molecular weight excluding hydrogens is 178 g/mol. The highest BCUT2D eigenvalue weighted by molar-refractivity contribution is 5.22. The second-order valence-electron chi connectivity index (χ2n) is 4.08. The van der Waals surface area contributed by atoms with E-state index in [0.717, 1.165) is 36.6 Å². The lowest BCUT2D eigenvalue weighted by molar-refractivity contribution is 0.611. The van der Waals surface area contributed by atoms with Crippen molar-refractivity contribution < 1.29 is 0 Å². The first kappa shape index (κ1) is 8.17. The lowest BCUT2D eigenvalue weighted by atomic mass is 10.1. The topological polar surface area (TPSA) is 57.8 Å². The Morgan fingerprint density at radius 3 is 3.00 bits per heavy atom. The van der Waals surface area contributed by atoms with Gasteiger partial charge in [0.25, 0.3) is 5.56 Å². The molecule has 0 atom stereocenters. The first-order valence-corrected chi connectivity index (χ1v) is 5.17. The average molecular weight is 191 g/mol. The van der Waals surface area contributed by atoms with Gasteiger partial charge in [0.1, 0.15) is 5.82 Å². The standard InChI is InChI=1S/C10H13N3O/c14-10-7-3-4-11-5-8(7)12-9(13-10)6-1-2-6/h6,11H,1-5H2,(H,12,13,14). The van der Waals surface area contributed by atoms with Crippen molar-refractivity contribution in [1.82, 2.24) is 15.3 Å². The smallest absolute Gasteiger partial charge is 0.254 e. The summed E-state index contributed by atoms with van der Waals surface area (Å²) in [5, 5.41) is 3.24. The third kappa shape index (κ3) is 1.26. The molecule has 3 rings (SSSR count). The number of rotatable bonds is 1. The first-order valence-electron chi connectivity index (χ1n) is 5.17. The molecule has 1 aromatic rings. The van der Waals surface area contributed by atoms with Crippen LogP contribution in [0.3, 0.4) is 0 Å². The maximum atomic E-state index is 11.7. The number of aromatic amines is 1. The minimum absolute atomic E-state index is 0.0819. The molecule has 2 N–H and O–H groups in total. The second kappa shape index (κ2) is 2.92. The van der Waals surface area contributed by atoms with Crippen LogP contribution in [-0.4, -0.2) is 16.5 Å². The highest BCUT2D eigenvalue weighted by atomic mass is 16.1. The Hall–Kier alpha value is -1.16. The second-order valence-corrected chi connectivity index (χ2v) is 4.08. The van der Waals surface area contributed by atoms with E-state index in [1.165, 1.54) is 12.8 Å². The molecule has 1 aromatic heterocycles. The molecule has 1 saturated carbocycles. The van der Waals surface area contributed by atoms with E-state index in [0.29, 0.717) is 5.92 Å². The third-order valence-corrected chi connectivity index (χ3v) is 2.93. The molecular formula is C10H13N3O. The normalized spacial score (nSPS) is 20.6. The van der Waals surface area contributed by atoms with Crippen molar-refractivity contribution in [2.24, 2.45) is 0 Å². The third-order valence-electron chi connectivity index (χ3n) is 2.93. The van der Waals surface area contributed by atoms with Gasteiger partial charge in [0.2, 0.25) is 0 Å². The molecule has 2 heterocycles. The van der Waals surface area contributed by atoms with Crippen LogP contribution in [0.15, 0.2) is 4.79 Å². The molecule has 4 heteroatoms. The van der Waals surface area contributed by atoms with Gasteiger partial charge in [-0.05, 0) is 25.8 Å². The zero-order valence-corrected chi connectivity index (χ0v) is 7.97. The summed E-state index contributed by atoms with van der Waals surface area (Å²) in [5.41, 5.74) is 1.92. The molecule has 1 aliphatic carbocycles. The number of nitrogens with zero attached hydrogens (tertiary/aromatic N) is 1. The summed E-state index contributed by atoms with van der Waals surface area (Å²) < 4.78 is 0. The van der Waals surface area contributed by atoms with Gasteiger partial charge in [-0.25, -0.2) is 4.98 Å². The maximum Gasteiger partial charge on any atom is 0.254 e. The van der Waals surface area contributed by atoms with Crippen molar-refractivity contribution in [3.63, 3.8) is 0 Å². The molecule has 4 nitrogen and oxygen atoms in total. The van der Waals surface area contributed by atoms with Crippen molar-refractivity contribution >= 4 is 0 Å². The lowest BCUT2D eigenvalue weighted by Gasteiger charge is -2.15. The van der Waals surface area contributed by atoms with E-state index in [1.807, 2.05) is 0 Å². The summed E-state index contributed by atoms with van der Waals surface area (Å²) in [6.07, 6.45) is 3.16. The molecule has 0 amide bonds. The summed E-state index contributed by atoms with van der Waals surface area (Å²) in [4.78, 5) is 19.1. The maximum absolute atomic E-state index is 11.7. The van der Waals surface area contributed by atoms with E-state index < -0.39 is 0 Å². The zero-order valence-electron chi connectivity index (χ0n) is 7.97.